The summed E-state index contributed by atoms with van der Waals surface area (Å²) in [6, 6.07) is 5.40. The molecule has 1 aliphatic heterocycles. The number of rotatable bonds is 5. The highest BCUT2D eigenvalue weighted by Gasteiger charge is 2.32. The van der Waals surface area contributed by atoms with Crippen molar-refractivity contribution in [2.75, 3.05) is 25.5 Å². The molecule has 1 saturated heterocycles. The number of carbonyl (C=O) groups excluding carboxylic acids is 1. The highest BCUT2D eigenvalue weighted by Crippen LogP contribution is 2.31. The van der Waals surface area contributed by atoms with Crippen LogP contribution >= 0.6 is 23.2 Å². The first-order valence-corrected chi connectivity index (χ1v) is 11.3. The summed E-state index contributed by atoms with van der Waals surface area (Å²) >= 11 is 12.1. The topological polar surface area (TPSA) is 94.4 Å². The number of ether oxygens (including phenoxy) is 2. The fourth-order valence-corrected chi connectivity index (χ4v) is 4.01. The van der Waals surface area contributed by atoms with E-state index in [1.54, 1.807) is 30.3 Å². The number of hydrogen-bond donors (Lipinski definition) is 1. The van der Waals surface area contributed by atoms with E-state index in [1.807, 2.05) is 31.5 Å². The van der Waals surface area contributed by atoms with Gasteiger partial charge in [0.2, 0.25) is 11.8 Å². The van der Waals surface area contributed by atoms with Gasteiger partial charge in [0, 0.05) is 19.6 Å². The van der Waals surface area contributed by atoms with E-state index >= 15 is 0 Å². The molecule has 0 spiro atoms. The lowest BCUT2D eigenvalue weighted by atomic mass is 10.2. The third-order valence-electron chi connectivity index (χ3n) is 5.20. The van der Waals surface area contributed by atoms with Crippen LogP contribution in [0.15, 0.2) is 24.4 Å². The predicted octanol–water partition coefficient (Wildman–Crippen LogP) is 4.94. The Morgan fingerprint density at radius 2 is 2.03 bits per heavy atom. The minimum Gasteiger partial charge on any atom is -0.479 e. The van der Waals surface area contributed by atoms with Gasteiger partial charge in [-0.25, -0.2) is 9.78 Å². The van der Waals surface area contributed by atoms with E-state index in [-0.39, 0.29) is 12.1 Å². The number of aromatic nitrogens is 4. The zero-order valence-electron chi connectivity index (χ0n) is 18.9. The minimum atomic E-state index is -0.536. The highest BCUT2D eigenvalue weighted by atomic mass is 35.5. The fourth-order valence-electron chi connectivity index (χ4n) is 3.69. The lowest BCUT2D eigenvalue weighted by Gasteiger charge is -2.24. The summed E-state index contributed by atoms with van der Waals surface area (Å²) in [5.74, 6) is 0.816. The zero-order chi connectivity index (χ0) is 23.8. The molecule has 1 aliphatic rings. The van der Waals surface area contributed by atoms with Gasteiger partial charge in [0.1, 0.15) is 16.6 Å². The molecular weight excluding hydrogens is 467 g/mol. The van der Waals surface area contributed by atoms with Gasteiger partial charge in [0.15, 0.2) is 0 Å². The van der Waals surface area contributed by atoms with Gasteiger partial charge in [-0.15, -0.1) is 0 Å². The molecule has 3 aromatic rings. The molecule has 0 saturated carbocycles. The van der Waals surface area contributed by atoms with E-state index in [9.17, 15) is 4.79 Å². The van der Waals surface area contributed by atoms with E-state index in [2.05, 4.69) is 20.4 Å². The van der Waals surface area contributed by atoms with Crippen LogP contribution in [0.1, 0.15) is 38.8 Å². The van der Waals surface area contributed by atoms with Crippen LogP contribution in [0.4, 0.5) is 10.7 Å². The maximum atomic E-state index is 12.4. The van der Waals surface area contributed by atoms with E-state index < -0.39 is 5.60 Å². The van der Waals surface area contributed by atoms with Crippen molar-refractivity contribution in [1.82, 2.24) is 24.6 Å². The van der Waals surface area contributed by atoms with Crippen LogP contribution in [0, 0.1) is 0 Å². The van der Waals surface area contributed by atoms with Crippen LogP contribution in [0.3, 0.4) is 0 Å². The Morgan fingerprint density at radius 3 is 2.73 bits per heavy atom. The molecule has 0 bridgehead atoms. The fraction of sp³-hybridized carbons (Fsp3) is 0.455. The number of methoxy groups -OCH3 is 1. The standard InChI is InChI=1S/C22H26Cl2N6O3/c1-22(2,3)33-21(31)29-8-7-14(12-29)30-18-17(11-26-30)27-20(28-19(18)32-4)25-10-13-5-6-15(23)16(24)9-13/h5-6,9,11,14H,7-8,10,12H2,1-4H3,(H,25,27,28)/t14-/m0/s1. The smallest absolute Gasteiger partial charge is 0.410 e. The molecule has 0 unspecified atom stereocenters. The SMILES string of the molecule is COc1nc(NCc2ccc(Cl)c(Cl)c2)nc2cnn([C@H]3CCN(C(=O)OC(C)(C)C)C3)c12. The van der Waals surface area contributed by atoms with Crippen LogP contribution < -0.4 is 10.1 Å². The number of carbonyl (C=O) groups is 1. The van der Waals surface area contributed by atoms with Gasteiger partial charge in [-0.3, -0.25) is 4.68 Å². The van der Waals surface area contributed by atoms with Crippen LogP contribution in [0.25, 0.3) is 11.0 Å². The van der Waals surface area contributed by atoms with E-state index in [0.717, 1.165) is 12.0 Å². The molecule has 33 heavy (non-hydrogen) atoms. The summed E-state index contributed by atoms with van der Waals surface area (Å²) < 4.78 is 12.9. The summed E-state index contributed by atoms with van der Waals surface area (Å²) in [4.78, 5) is 23.2. The van der Waals surface area contributed by atoms with Crippen LogP contribution in [0.5, 0.6) is 5.88 Å². The lowest BCUT2D eigenvalue weighted by molar-refractivity contribution is 0.0288. The summed E-state index contributed by atoms with van der Waals surface area (Å²) in [7, 11) is 1.56. The van der Waals surface area contributed by atoms with Gasteiger partial charge in [-0.1, -0.05) is 29.3 Å². The van der Waals surface area contributed by atoms with E-state index in [0.29, 0.717) is 52.5 Å². The maximum absolute atomic E-state index is 12.4. The molecule has 11 heteroatoms. The molecule has 1 aromatic carbocycles. The van der Waals surface area contributed by atoms with Crippen LogP contribution in [-0.4, -0.2) is 56.5 Å². The van der Waals surface area contributed by atoms with Gasteiger partial charge in [0.05, 0.1) is 29.4 Å². The van der Waals surface area contributed by atoms with Crippen LogP contribution in [-0.2, 0) is 11.3 Å². The van der Waals surface area contributed by atoms with Crippen molar-refractivity contribution in [3.05, 3.63) is 40.0 Å². The molecule has 1 fully saturated rings. The molecule has 1 N–H and O–H groups in total. The summed E-state index contributed by atoms with van der Waals surface area (Å²) in [5.41, 5.74) is 1.74. The summed E-state index contributed by atoms with van der Waals surface area (Å²) in [6.45, 7) is 7.12. The van der Waals surface area contributed by atoms with Gasteiger partial charge >= 0.3 is 6.09 Å². The molecule has 1 amide bonds. The number of nitrogens with one attached hydrogen (secondary N) is 1. The molecule has 176 valence electrons. The average Bonchev–Trinajstić information content (AvgIpc) is 3.40. The first kappa shape index (κ1) is 23.4. The molecule has 4 rings (SSSR count). The van der Waals surface area contributed by atoms with E-state index in [1.165, 1.54) is 0 Å². The van der Waals surface area contributed by atoms with Gasteiger partial charge in [-0.05, 0) is 44.9 Å². The molecule has 3 heterocycles. The molecule has 1 atom stereocenters. The largest absolute Gasteiger partial charge is 0.479 e. The summed E-state index contributed by atoms with van der Waals surface area (Å²) in [6.07, 6.45) is 2.11. The third-order valence-corrected chi connectivity index (χ3v) is 5.94. The molecular formula is C22H26Cl2N6O3. The number of amides is 1. The van der Waals surface area contributed by atoms with Crippen molar-refractivity contribution in [3.63, 3.8) is 0 Å². The second-order valence-electron chi connectivity index (χ2n) is 8.85. The van der Waals surface area contributed by atoms with Crippen molar-refractivity contribution in [2.24, 2.45) is 0 Å². The number of likely N-dealkylation sites (tertiary alicyclic amines) is 1. The van der Waals surface area contributed by atoms with Crippen molar-refractivity contribution in [1.29, 1.82) is 0 Å². The predicted molar refractivity (Wildman–Crippen MR) is 127 cm³/mol. The number of halogens is 2. The number of hydrogen-bond acceptors (Lipinski definition) is 7. The van der Waals surface area contributed by atoms with Gasteiger partial charge < -0.3 is 19.7 Å². The normalized spacial score (nSPS) is 16.3. The Kier molecular flexibility index (Phi) is 6.54. The van der Waals surface area contributed by atoms with Crippen molar-refractivity contribution in [3.8, 4) is 5.88 Å². The molecule has 0 radical (unpaired) electrons. The number of nitrogens with zero attached hydrogens (tertiary/aromatic N) is 5. The monoisotopic (exact) mass is 492 g/mol. The Balaban J connectivity index is 1.52. The maximum Gasteiger partial charge on any atom is 0.410 e. The minimum absolute atomic E-state index is 0.0254. The number of anilines is 1. The Bertz CT molecular complexity index is 1180. The third kappa shape index (κ3) is 5.25. The van der Waals surface area contributed by atoms with Crippen molar-refractivity contribution in [2.45, 2.75) is 45.4 Å². The molecule has 2 aromatic heterocycles. The first-order chi connectivity index (χ1) is 15.6. The van der Waals surface area contributed by atoms with Crippen molar-refractivity contribution >= 4 is 46.3 Å². The Labute approximate surface area is 202 Å². The van der Waals surface area contributed by atoms with Crippen molar-refractivity contribution < 1.29 is 14.3 Å². The van der Waals surface area contributed by atoms with E-state index in [4.69, 9.17) is 32.7 Å². The Hall–Kier alpha value is -2.78. The first-order valence-electron chi connectivity index (χ1n) is 10.6. The number of benzene rings is 1. The van der Waals surface area contributed by atoms with Crippen LogP contribution in [0.2, 0.25) is 10.0 Å². The second-order valence-corrected chi connectivity index (χ2v) is 9.66. The zero-order valence-corrected chi connectivity index (χ0v) is 20.4. The summed E-state index contributed by atoms with van der Waals surface area (Å²) in [5, 5.41) is 8.71. The number of fused-ring (bicyclic) bond motifs is 1. The highest BCUT2D eigenvalue weighted by molar-refractivity contribution is 6.42. The molecule has 0 aliphatic carbocycles. The lowest BCUT2D eigenvalue weighted by Crippen LogP contribution is -2.35. The Morgan fingerprint density at radius 1 is 1.24 bits per heavy atom. The molecule has 9 nitrogen and oxygen atoms in total. The second kappa shape index (κ2) is 9.23. The quantitative estimate of drug-likeness (QED) is 0.538. The average molecular weight is 493 g/mol. The van der Waals surface area contributed by atoms with Gasteiger partial charge in [-0.2, -0.15) is 10.1 Å². The van der Waals surface area contributed by atoms with Gasteiger partial charge in [0.25, 0.3) is 0 Å².